The van der Waals surface area contributed by atoms with Gasteiger partial charge < -0.3 is 10.1 Å². The van der Waals surface area contributed by atoms with E-state index >= 15 is 0 Å². The number of hydrogen-bond donors (Lipinski definition) is 2. The maximum Gasteiger partial charge on any atom is 0.230 e. The van der Waals surface area contributed by atoms with Gasteiger partial charge in [0.05, 0.1) is 10.9 Å². The Morgan fingerprint density at radius 2 is 1.92 bits per heavy atom. The van der Waals surface area contributed by atoms with E-state index in [9.17, 15) is 9.90 Å². The number of pyridine rings is 1. The highest BCUT2D eigenvalue weighted by molar-refractivity contribution is 6.16. The van der Waals surface area contributed by atoms with Crippen molar-refractivity contribution < 1.29 is 19.5 Å². The van der Waals surface area contributed by atoms with E-state index in [4.69, 9.17) is 4.84 Å². The van der Waals surface area contributed by atoms with Gasteiger partial charge in [-0.1, -0.05) is 0 Å². The minimum absolute atomic E-state index is 0.0203. The number of aromatic nitrogens is 2. The minimum atomic E-state index is -0.507. The lowest BCUT2D eigenvalue weighted by Gasteiger charge is -2.09. The fourth-order valence-corrected chi connectivity index (χ4v) is 3.55. The zero-order valence-corrected chi connectivity index (χ0v) is 15.3. The molecule has 0 amide bonds. The van der Waals surface area contributed by atoms with Gasteiger partial charge in [0.25, 0.3) is 0 Å². The van der Waals surface area contributed by atoms with Gasteiger partial charge >= 0.3 is 0 Å². The van der Waals surface area contributed by atoms with E-state index in [2.05, 4.69) is 18.8 Å². The van der Waals surface area contributed by atoms with Crippen LogP contribution in [0.2, 0.25) is 0 Å². The summed E-state index contributed by atoms with van der Waals surface area (Å²) in [6.07, 6.45) is 3.24. The Morgan fingerprint density at radius 3 is 2.65 bits per heavy atom. The van der Waals surface area contributed by atoms with Crippen molar-refractivity contribution in [3.05, 3.63) is 47.8 Å². The Bertz CT molecular complexity index is 1190. The van der Waals surface area contributed by atoms with Gasteiger partial charge in [-0.05, 0) is 62.4 Å². The molecule has 2 heterocycles. The smallest absolute Gasteiger partial charge is 0.230 e. The van der Waals surface area contributed by atoms with Gasteiger partial charge in [-0.3, -0.25) is 9.63 Å². The molecule has 2 aromatic heterocycles. The largest absolute Gasteiger partial charge is 0.508 e. The number of benzene rings is 2. The van der Waals surface area contributed by atoms with Crippen molar-refractivity contribution in [3.8, 4) is 5.75 Å². The highest BCUT2D eigenvalue weighted by Crippen LogP contribution is 2.36. The first-order chi connectivity index (χ1) is 12.4. The van der Waals surface area contributed by atoms with Gasteiger partial charge in [-0.2, -0.15) is 0 Å². The van der Waals surface area contributed by atoms with Crippen LogP contribution in [0.15, 0.2) is 36.7 Å². The number of aromatic amines is 1. The summed E-state index contributed by atoms with van der Waals surface area (Å²) in [7, 11) is 0. The van der Waals surface area contributed by atoms with Crippen LogP contribution in [0.5, 0.6) is 5.75 Å². The van der Waals surface area contributed by atoms with Crippen molar-refractivity contribution in [1.82, 2.24) is 4.98 Å². The van der Waals surface area contributed by atoms with E-state index < -0.39 is 6.10 Å². The van der Waals surface area contributed by atoms with E-state index in [-0.39, 0.29) is 11.5 Å². The summed E-state index contributed by atoms with van der Waals surface area (Å²) in [5.74, 6) is 0.227. The first kappa shape index (κ1) is 16.4. The van der Waals surface area contributed by atoms with Crippen molar-refractivity contribution in [2.24, 2.45) is 0 Å². The fraction of sp³-hybridized carbons (Fsp3) is 0.238. The summed E-state index contributed by atoms with van der Waals surface area (Å²) < 4.78 is 1.60. The monoisotopic (exact) mass is 349 g/mol. The normalized spacial score (nSPS) is 12.8. The van der Waals surface area contributed by atoms with Crippen molar-refractivity contribution in [2.75, 3.05) is 0 Å². The van der Waals surface area contributed by atoms with Crippen LogP contribution in [-0.4, -0.2) is 22.0 Å². The molecule has 0 saturated carbocycles. The molecule has 0 aliphatic rings. The molecule has 1 unspecified atom stereocenters. The molecule has 26 heavy (non-hydrogen) atoms. The molecule has 0 fully saturated rings. The Hall–Kier alpha value is -3.08. The number of fused-ring (bicyclic) bond motifs is 4. The van der Waals surface area contributed by atoms with E-state index in [0.29, 0.717) is 0 Å². The first-order valence-electron chi connectivity index (χ1n) is 8.63. The molecule has 2 N–H and O–H groups in total. The van der Waals surface area contributed by atoms with Crippen LogP contribution in [0, 0.1) is 13.8 Å². The molecule has 2 aromatic carbocycles. The van der Waals surface area contributed by atoms with Crippen molar-refractivity contribution in [2.45, 2.75) is 33.8 Å². The number of nitrogens with zero attached hydrogens (tertiary/aromatic N) is 1. The summed E-state index contributed by atoms with van der Waals surface area (Å²) in [6, 6.07) is 7.38. The van der Waals surface area contributed by atoms with Crippen LogP contribution in [0.1, 0.15) is 25.0 Å². The van der Waals surface area contributed by atoms with Crippen molar-refractivity contribution in [1.29, 1.82) is 0 Å². The third-order valence-electron chi connectivity index (χ3n) is 5.13. The fourth-order valence-electron chi connectivity index (χ4n) is 3.55. The lowest BCUT2D eigenvalue weighted by molar-refractivity contribution is -0.894. The number of aromatic hydroxyl groups is 1. The lowest BCUT2D eigenvalue weighted by atomic mass is 9.97. The van der Waals surface area contributed by atoms with Crippen LogP contribution in [0.25, 0.3) is 32.6 Å². The minimum Gasteiger partial charge on any atom is -0.508 e. The molecule has 1 atom stereocenters. The molecule has 0 saturated heterocycles. The molecule has 0 radical (unpaired) electrons. The standard InChI is InChI=1S/C21H20N2O3/c1-11-18-10-23(26-14(4)13(3)24)8-7-16(18)12(2)21-20(11)17-9-15(25)5-6-19(17)22-21/h5-10,14,25H,1-4H3/p+1. The lowest BCUT2D eigenvalue weighted by Crippen LogP contribution is -2.48. The molecule has 5 nitrogen and oxygen atoms in total. The van der Waals surface area contributed by atoms with Gasteiger partial charge in [0.15, 0.2) is 5.78 Å². The van der Waals surface area contributed by atoms with Crippen LogP contribution >= 0.6 is 0 Å². The number of phenols is 1. The summed E-state index contributed by atoms with van der Waals surface area (Å²) in [5.41, 5.74) is 4.31. The van der Waals surface area contributed by atoms with Crippen molar-refractivity contribution in [3.63, 3.8) is 0 Å². The number of carbonyl (C=O) groups is 1. The SMILES string of the molecule is CC(=O)C(C)O[n+]1ccc2c(C)c3[nH]c4ccc(O)cc4c3c(C)c2c1. The number of Topliss-reactive ketones (excluding diaryl/α,β-unsaturated/α-hetero) is 1. The molecule has 0 bridgehead atoms. The van der Waals surface area contributed by atoms with Gasteiger partial charge in [-0.15, -0.1) is 0 Å². The maximum absolute atomic E-state index is 11.5. The zero-order chi connectivity index (χ0) is 18.6. The Kier molecular flexibility index (Phi) is 3.61. The van der Waals surface area contributed by atoms with Gasteiger partial charge in [-0.25, -0.2) is 0 Å². The number of aryl methyl sites for hydroxylation is 2. The van der Waals surface area contributed by atoms with Gasteiger partial charge in [0.2, 0.25) is 18.5 Å². The Balaban J connectivity index is 2.02. The molecule has 0 aliphatic heterocycles. The third kappa shape index (κ3) is 2.39. The first-order valence-corrected chi connectivity index (χ1v) is 8.63. The summed E-state index contributed by atoms with van der Waals surface area (Å²) >= 11 is 0. The van der Waals surface area contributed by atoms with Crippen LogP contribution in [0.3, 0.4) is 0 Å². The molecule has 4 rings (SSSR count). The summed E-state index contributed by atoms with van der Waals surface area (Å²) in [6.45, 7) is 7.41. The highest BCUT2D eigenvalue weighted by atomic mass is 16.7. The van der Waals surface area contributed by atoms with E-state index in [0.717, 1.165) is 43.7 Å². The quantitative estimate of drug-likeness (QED) is 0.557. The number of phenolic OH excluding ortho intramolecular Hbond substituents is 1. The molecule has 5 heteroatoms. The molecule has 0 spiro atoms. The predicted molar refractivity (Wildman–Crippen MR) is 101 cm³/mol. The molecule has 132 valence electrons. The molecular weight excluding hydrogens is 328 g/mol. The molecular formula is C21H21N2O3+. The highest BCUT2D eigenvalue weighted by Gasteiger charge is 2.19. The summed E-state index contributed by atoms with van der Waals surface area (Å²) in [5, 5.41) is 14.2. The van der Waals surface area contributed by atoms with Gasteiger partial charge in [0.1, 0.15) is 5.75 Å². The second-order valence-electron chi connectivity index (χ2n) is 6.85. The predicted octanol–water partition coefficient (Wildman–Crippen LogP) is 3.49. The summed E-state index contributed by atoms with van der Waals surface area (Å²) in [4.78, 5) is 20.7. The molecule has 0 aliphatic carbocycles. The number of nitrogens with one attached hydrogen (secondary N) is 1. The van der Waals surface area contributed by atoms with Crippen molar-refractivity contribution >= 4 is 38.4 Å². The number of H-pyrrole nitrogens is 1. The number of ketones is 1. The van der Waals surface area contributed by atoms with E-state index in [1.807, 2.05) is 24.5 Å². The Labute approximate surface area is 150 Å². The molecule has 4 aromatic rings. The van der Waals surface area contributed by atoms with Crippen LogP contribution < -0.4 is 9.57 Å². The topological polar surface area (TPSA) is 66.2 Å². The Morgan fingerprint density at radius 1 is 1.15 bits per heavy atom. The van der Waals surface area contributed by atoms with Crippen LogP contribution in [-0.2, 0) is 4.79 Å². The average molecular weight is 349 g/mol. The van der Waals surface area contributed by atoms with E-state index in [1.54, 1.807) is 23.8 Å². The number of carbonyl (C=O) groups excluding carboxylic acids is 1. The third-order valence-corrected chi connectivity index (χ3v) is 5.13. The average Bonchev–Trinajstić information content (AvgIpc) is 2.98. The van der Waals surface area contributed by atoms with Gasteiger partial charge in [0, 0.05) is 27.1 Å². The second kappa shape index (κ2) is 5.73. The van der Waals surface area contributed by atoms with E-state index in [1.165, 1.54) is 6.92 Å². The number of hydrogen-bond acceptors (Lipinski definition) is 3. The second-order valence-corrected chi connectivity index (χ2v) is 6.85. The zero-order valence-electron chi connectivity index (χ0n) is 15.3. The van der Waals surface area contributed by atoms with Crippen LogP contribution in [0.4, 0.5) is 0 Å². The maximum atomic E-state index is 11.5. The number of rotatable bonds is 3.